The quantitative estimate of drug-likeness (QED) is 0.329. The van der Waals surface area contributed by atoms with Crippen molar-refractivity contribution in [3.8, 4) is 5.75 Å². The molecule has 39 heavy (non-hydrogen) atoms. The fraction of sp³-hybridized carbons (Fsp3) is 0.258. The molecular formula is C31H30FN3O4. The van der Waals surface area contributed by atoms with Crippen LogP contribution >= 0.6 is 0 Å². The highest BCUT2D eigenvalue weighted by molar-refractivity contribution is 5.91. The molecule has 0 spiro atoms. The van der Waals surface area contributed by atoms with Gasteiger partial charge in [-0.1, -0.05) is 62.4 Å². The molecule has 200 valence electrons. The number of nitrogens with zero attached hydrogens (tertiary/aromatic N) is 2. The van der Waals surface area contributed by atoms with Crippen LogP contribution in [0.2, 0.25) is 0 Å². The Balaban J connectivity index is 1.31. The highest BCUT2D eigenvalue weighted by atomic mass is 19.1. The highest BCUT2D eigenvalue weighted by Crippen LogP contribution is 2.38. The third-order valence-electron chi connectivity index (χ3n) is 6.73. The van der Waals surface area contributed by atoms with E-state index < -0.39 is 6.04 Å². The first-order valence-corrected chi connectivity index (χ1v) is 13.0. The molecule has 0 unspecified atom stereocenters. The third-order valence-corrected chi connectivity index (χ3v) is 6.73. The Morgan fingerprint density at radius 2 is 1.92 bits per heavy atom. The van der Waals surface area contributed by atoms with Gasteiger partial charge in [-0.15, -0.1) is 0 Å². The summed E-state index contributed by atoms with van der Waals surface area (Å²) in [5, 5.41) is 2.82. The zero-order valence-electron chi connectivity index (χ0n) is 21.9. The molecule has 3 aromatic carbocycles. The van der Waals surface area contributed by atoms with Crippen molar-refractivity contribution in [3.63, 3.8) is 0 Å². The monoisotopic (exact) mass is 527 g/mol. The normalized spacial score (nSPS) is 14.7. The summed E-state index contributed by atoms with van der Waals surface area (Å²) in [6.07, 6.45) is 2.00. The van der Waals surface area contributed by atoms with Crippen molar-refractivity contribution < 1.29 is 23.1 Å². The molecule has 1 N–H and O–H groups in total. The van der Waals surface area contributed by atoms with E-state index in [4.69, 9.17) is 9.15 Å². The SMILES string of the molecule is CC(C)C(=O)N1CCc2ccc(OCc3nc(C(=O)NCc4ccccc4)co3)cc2[C@H]1c1cccc(F)c1. The molecule has 1 aromatic heterocycles. The Morgan fingerprint density at radius 1 is 1.10 bits per heavy atom. The Bertz CT molecular complexity index is 1470. The minimum absolute atomic E-state index is 0.0130. The van der Waals surface area contributed by atoms with Crippen LogP contribution in [-0.4, -0.2) is 28.2 Å². The number of carbonyl (C=O) groups excluding carboxylic acids is 2. The van der Waals surface area contributed by atoms with Gasteiger partial charge in [-0.2, -0.15) is 0 Å². The summed E-state index contributed by atoms with van der Waals surface area (Å²) in [6, 6.07) is 21.3. The number of fused-ring (bicyclic) bond motifs is 1. The predicted molar refractivity (Wildman–Crippen MR) is 143 cm³/mol. The van der Waals surface area contributed by atoms with Gasteiger partial charge in [0.25, 0.3) is 5.91 Å². The van der Waals surface area contributed by atoms with Crippen LogP contribution in [0.3, 0.4) is 0 Å². The second kappa shape index (κ2) is 11.5. The Labute approximate surface area is 226 Å². The van der Waals surface area contributed by atoms with E-state index in [-0.39, 0.29) is 41.7 Å². The van der Waals surface area contributed by atoms with Gasteiger partial charge in [-0.05, 0) is 52.9 Å². The van der Waals surface area contributed by atoms with Crippen molar-refractivity contribution in [1.29, 1.82) is 0 Å². The standard InChI is InChI=1S/C31H30FN3O4/c1-20(2)31(37)35-14-13-22-11-12-25(16-26(22)29(35)23-9-6-10-24(32)15-23)38-19-28-34-27(18-39-28)30(36)33-17-21-7-4-3-5-8-21/h3-12,15-16,18,20,29H,13-14,17,19H2,1-2H3,(H,33,36)/t29-/m1/s1. The third kappa shape index (κ3) is 6.00. The molecule has 0 saturated carbocycles. The van der Waals surface area contributed by atoms with Crippen molar-refractivity contribution in [2.24, 2.45) is 5.92 Å². The van der Waals surface area contributed by atoms with E-state index in [0.29, 0.717) is 30.8 Å². The average molecular weight is 528 g/mol. The van der Waals surface area contributed by atoms with Crippen LogP contribution < -0.4 is 10.1 Å². The lowest BCUT2D eigenvalue weighted by Crippen LogP contribution is -2.42. The molecule has 5 rings (SSSR count). The lowest BCUT2D eigenvalue weighted by Gasteiger charge is -2.39. The van der Waals surface area contributed by atoms with Gasteiger partial charge in [0, 0.05) is 19.0 Å². The maximum absolute atomic E-state index is 14.2. The Morgan fingerprint density at radius 3 is 2.69 bits per heavy atom. The number of rotatable bonds is 8. The fourth-order valence-corrected chi connectivity index (χ4v) is 4.78. The van der Waals surface area contributed by atoms with Crippen molar-refractivity contribution in [2.75, 3.05) is 6.54 Å². The maximum Gasteiger partial charge on any atom is 0.273 e. The largest absolute Gasteiger partial charge is 0.484 e. The molecule has 1 aliphatic rings. The number of halogens is 1. The van der Waals surface area contributed by atoms with Gasteiger partial charge in [0.1, 0.15) is 17.8 Å². The van der Waals surface area contributed by atoms with Crippen LogP contribution in [0, 0.1) is 11.7 Å². The molecule has 1 atom stereocenters. The predicted octanol–water partition coefficient (Wildman–Crippen LogP) is 5.45. The topological polar surface area (TPSA) is 84.7 Å². The lowest BCUT2D eigenvalue weighted by atomic mass is 9.87. The molecule has 0 aliphatic carbocycles. The number of amides is 2. The number of ether oxygens (including phenoxy) is 1. The summed E-state index contributed by atoms with van der Waals surface area (Å²) in [4.78, 5) is 31.6. The number of benzene rings is 3. The van der Waals surface area contributed by atoms with Crippen LogP contribution in [-0.2, 0) is 24.4 Å². The van der Waals surface area contributed by atoms with Crippen LogP contribution in [0.25, 0.3) is 0 Å². The molecule has 8 heteroatoms. The van der Waals surface area contributed by atoms with E-state index in [1.165, 1.54) is 18.4 Å². The number of nitrogens with one attached hydrogen (secondary N) is 1. The molecule has 0 bridgehead atoms. The van der Waals surface area contributed by atoms with Crippen molar-refractivity contribution in [3.05, 3.63) is 119 Å². The lowest BCUT2D eigenvalue weighted by molar-refractivity contribution is -0.136. The van der Waals surface area contributed by atoms with Crippen LogP contribution in [0.4, 0.5) is 4.39 Å². The van der Waals surface area contributed by atoms with E-state index >= 15 is 0 Å². The van der Waals surface area contributed by atoms with Gasteiger partial charge in [0.05, 0.1) is 6.04 Å². The highest BCUT2D eigenvalue weighted by Gasteiger charge is 2.33. The molecule has 7 nitrogen and oxygen atoms in total. The average Bonchev–Trinajstić information content (AvgIpc) is 3.43. The summed E-state index contributed by atoms with van der Waals surface area (Å²) >= 11 is 0. The number of oxazole rings is 1. The van der Waals surface area contributed by atoms with Crippen molar-refractivity contribution >= 4 is 11.8 Å². The molecule has 0 radical (unpaired) electrons. The van der Waals surface area contributed by atoms with Crippen LogP contribution in [0.1, 0.15) is 58.5 Å². The molecule has 0 saturated heterocycles. The van der Waals surface area contributed by atoms with Crippen LogP contribution in [0.15, 0.2) is 83.5 Å². The first-order chi connectivity index (χ1) is 18.9. The van der Waals surface area contributed by atoms with Gasteiger partial charge >= 0.3 is 0 Å². The summed E-state index contributed by atoms with van der Waals surface area (Å²) in [5.41, 5.74) is 3.84. The molecule has 2 heterocycles. The second-order valence-corrected chi connectivity index (χ2v) is 9.84. The van der Waals surface area contributed by atoms with Crippen LogP contribution in [0.5, 0.6) is 5.75 Å². The second-order valence-electron chi connectivity index (χ2n) is 9.84. The zero-order valence-corrected chi connectivity index (χ0v) is 21.9. The Kier molecular flexibility index (Phi) is 7.72. The molecule has 0 fully saturated rings. The summed E-state index contributed by atoms with van der Waals surface area (Å²) in [6.45, 7) is 4.69. The van der Waals surface area contributed by atoms with E-state index in [0.717, 1.165) is 16.7 Å². The fourth-order valence-electron chi connectivity index (χ4n) is 4.78. The molecular weight excluding hydrogens is 497 g/mol. The van der Waals surface area contributed by atoms with E-state index in [1.807, 2.05) is 73.3 Å². The summed E-state index contributed by atoms with van der Waals surface area (Å²) in [5.74, 6) is -0.0460. The minimum Gasteiger partial charge on any atom is -0.484 e. The Hall–Kier alpha value is -4.46. The van der Waals surface area contributed by atoms with E-state index in [1.54, 1.807) is 6.07 Å². The number of hydrogen-bond acceptors (Lipinski definition) is 5. The van der Waals surface area contributed by atoms with Gasteiger partial charge in [-0.3, -0.25) is 9.59 Å². The summed E-state index contributed by atoms with van der Waals surface area (Å²) < 4.78 is 25.6. The van der Waals surface area contributed by atoms with Crippen molar-refractivity contribution in [1.82, 2.24) is 15.2 Å². The smallest absolute Gasteiger partial charge is 0.273 e. The minimum atomic E-state index is -0.426. The first kappa shape index (κ1) is 26.2. The zero-order chi connectivity index (χ0) is 27.4. The van der Waals surface area contributed by atoms with Gasteiger partial charge in [-0.25, -0.2) is 9.37 Å². The first-order valence-electron chi connectivity index (χ1n) is 13.0. The van der Waals surface area contributed by atoms with Gasteiger partial charge in [0.2, 0.25) is 11.8 Å². The van der Waals surface area contributed by atoms with E-state index in [9.17, 15) is 14.0 Å². The number of hydrogen-bond donors (Lipinski definition) is 1. The van der Waals surface area contributed by atoms with Crippen molar-refractivity contribution in [2.45, 2.75) is 39.5 Å². The van der Waals surface area contributed by atoms with Gasteiger partial charge < -0.3 is 19.4 Å². The van der Waals surface area contributed by atoms with Gasteiger partial charge in [0.15, 0.2) is 12.3 Å². The molecule has 1 aliphatic heterocycles. The molecule has 2 amide bonds. The summed E-state index contributed by atoms with van der Waals surface area (Å²) in [7, 11) is 0. The number of aromatic nitrogens is 1. The number of carbonyl (C=O) groups is 2. The van der Waals surface area contributed by atoms with E-state index in [2.05, 4.69) is 10.3 Å². The molecule has 4 aromatic rings. The maximum atomic E-state index is 14.2.